The van der Waals surface area contributed by atoms with Gasteiger partial charge in [0.1, 0.15) is 5.38 Å². The number of alkyl halides is 7. The summed E-state index contributed by atoms with van der Waals surface area (Å²) < 4.78 is 74.0. The van der Waals surface area contributed by atoms with E-state index >= 15 is 0 Å². The van der Waals surface area contributed by atoms with E-state index in [2.05, 4.69) is 0 Å². The third-order valence-corrected chi connectivity index (χ3v) is 3.98. The zero-order valence-corrected chi connectivity index (χ0v) is 12.6. The summed E-state index contributed by atoms with van der Waals surface area (Å²) in [6.07, 6.45) is 0. The maximum atomic E-state index is 12.3. The SMILES string of the molecule is CC(=O)C(Cl)c1cc(SC(F)(F)F)cc(SC(F)(F)F)c1. The van der Waals surface area contributed by atoms with Gasteiger partial charge in [-0.25, -0.2) is 0 Å². The number of hydrogen-bond donors (Lipinski definition) is 0. The molecule has 0 aliphatic heterocycles. The fourth-order valence-corrected chi connectivity index (χ4v) is 2.86. The molecule has 0 aromatic heterocycles. The van der Waals surface area contributed by atoms with E-state index in [0.29, 0.717) is 0 Å². The average molecular weight is 369 g/mol. The molecule has 10 heteroatoms. The van der Waals surface area contributed by atoms with Gasteiger partial charge in [0.15, 0.2) is 5.78 Å². The molecule has 1 rings (SSSR count). The van der Waals surface area contributed by atoms with Gasteiger partial charge in [-0.3, -0.25) is 4.79 Å². The Morgan fingerprint density at radius 2 is 1.38 bits per heavy atom. The zero-order valence-electron chi connectivity index (χ0n) is 10.2. The Kier molecular flexibility index (Phi) is 5.91. The first-order valence-corrected chi connectivity index (χ1v) is 7.25. The number of carbonyl (C=O) groups excluding carboxylic acids is 1. The lowest BCUT2D eigenvalue weighted by Crippen LogP contribution is -2.05. The van der Waals surface area contributed by atoms with E-state index in [1.807, 2.05) is 0 Å². The van der Waals surface area contributed by atoms with Gasteiger partial charge in [-0.15, -0.1) is 11.6 Å². The summed E-state index contributed by atoms with van der Waals surface area (Å²) in [6.45, 7) is 1.10. The van der Waals surface area contributed by atoms with Crippen LogP contribution in [-0.2, 0) is 4.79 Å². The van der Waals surface area contributed by atoms with Crippen LogP contribution in [0.1, 0.15) is 17.9 Å². The van der Waals surface area contributed by atoms with Crippen LogP contribution in [0.2, 0.25) is 0 Å². The normalized spacial score (nSPS) is 14.1. The number of benzene rings is 1. The van der Waals surface area contributed by atoms with Gasteiger partial charge in [-0.1, -0.05) is 0 Å². The van der Waals surface area contributed by atoms with E-state index in [0.717, 1.165) is 25.1 Å². The van der Waals surface area contributed by atoms with Gasteiger partial charge >= 0.3 is 11.0 Å². The predicted octanol–water partition coefficient (Wildman–Crippen LogP) is 5.78. The molecule has 0 amide bonds. The maximum absolute atomic E-state index is 12.3. The first-order chi connectivity index (χ1) is 9.37. The van der Waals surface area contributed by atoms with Crippen LogP contribution >= 0.6 is 35.1 Å². The summed E-state index contributed by atoms with van der Waals surface area (Å²) in [5.74, 6) is -0.575. The molecule has 0 aliphatic rings. The lowest BCUT2D eigenvalue weighted by molar-refractivity contribution is -0.116. The molecule has 0 bridgehead atoms. The molecule has 0 radical (unpaired) electrons. The Balaban J connectivity index is 3.22. The minimum atomic E-state index is -4.66. The highest BCUT2D eigenvalue weighted by Crippen LogP contribution is 2.43. The van der Waals surface area contributed by atoms with Crippen molar-refractivity contribution in [1.29, 1.82) is 0 Å². The molecule has 1 aromatic carbocycles. The van der Waals surface area contributed by atoms with Crippen molar-refractivity contribution in [2.75, 3.05) is 0 Å². The molecule has 0 N–H and O–H groups in total. The minimum Gasteiger partial charge on any atom is -0.298 e. The van der Waals surface area contributed by atoms with Crippen LogP contribution in [0.4, 0.5) is 26.3 Å². The first-order valence-electron chi connectivity index (χ1n) is 5.18. The van der Waals surface area contributed by atoms with Crippen molar-refractivity contribution < 1.29 is 31.1 Å². The number of ketones is 1. The Morgan fingerprint density at radius 1 is 1.00 bits per heavy atom. The fraction of sp³-hybridized carbons (Fsp3) is 0.364. The molecule has 0 saturated carbocycles. The average Bonchev–Trinajstić information content (AvgIpc) is 2.22. The number of Topliss-reactive ketones (excluding diaryl/α,β-unsaturated/α-hetero) is 1. The quantitative estimate of drug-likeness (QED) is 0.381. The van der Waals surface area contributed by atoms with E-state index in [-0.39, 0.29) is 5.56 Å². The van der Waals surface area contributed by atoms with E-state index in [9.17, 15) is 31.1 Å². The van der Waals surface area contributed by atoms with Gasteiger partial charge in [0.2, 0.25) is 0 Å². The lowest BCUT2D eigenvalue weighted by Gasteiger charge is -2.13. The number of thioether (sulfide) groups is 2. The van der Waals surface area contributed by atoms with E-state index in [1.54, 1.807) is 0 Å². The van der Waals surface area contributed by atoms with Crippen LogP contribution in [0.5, 0.6) is 0 Å². The first kappa shape index (κ1) is 18.5. The number of hydrogen-bond acceptors (Lipinski definition) is 3. The second-order valence-corrected chi connectivity index (χ2v) is 6.52. The molecular weight excluding hydrogens is 362 g/mol. The van der Waals surface area contributed by atoms with Crippen LogP contribution in [0.25, 0.3) is 0 Å². The predicted molar refractivity (Wildman–Crippen MR) is 69.5 cm³/mol. The molecule has 0 saturated heterocycles. The van der Waals surface area contributed by atoms with Gasteiger partial charge in [0, 0.05) is 9.79 Å². The van der Waals surface area contributed by atoms with Crippen molar-refractivity contribution in [2.24, 2.45) is 0 Å². The molecular formula is C11H7ClF6OS2. The summed E-state index contributed by atoms with van der Waals surface area (Å²) in [6, 6.07) is 2.67. The van der Waals surface area contributed by atoms with Gasteiger partial charge < -0.3 is 0 Å². The topological polar surface area (TPSA) is 17.1 Å². The van der Waals surface area contributed by atoms with E-state index < -0.39 is 55.5 Å². The number of halogens is 7. The molecule has 0 spiro atoms. The van der Waals surface area contributed by atoms with Crippen molar-refractivity contribution in [3.05, 3.63) is 23.8 Å². The summed E-state index contributed by atoms with van der Waals surface area (Å²) in [7, 11) is 0. The highest BCUT2D eigenvalue weighted by Gasteiger charge is 2.32. The van der Waals surface area contributed by atoms with Gasteiger partial charge in [0.25, 0.3) is 0 Å². The van der Waals surface area contributed by atoms with Gasteiger partial charge in [-0.05, 0) is 54.2 Å². The van der Waals surface area contributed by atoms with Crippen LogP contribution < -0.4 is 0 Å². The van der Waals surface area contributed by atoms with Crippen molar-refractivity contribution in [3.63, 3.8) is 0 Å². The second kappa shape index (κ2) is 6.70. The largest absolute Gasteiger partial charge is 0.446 e. The lowest BCUT2D eigenvalue weighted by atomic mass is 10.1. The molecule has 0 heterocycles. The fourth-order valence-electron chi connectivity index (χ4n) is 1.36. The molecule has 1 unspecified atom stereocenters. The Bertz CT molecular complexity index is 494. The third-order valence-electron chi connectivity index (χ3n) is 2.02. The summed E-state index contributed by atoms with van der Waals surface area (Å²) in [4.78, 5) is 10.2. The monoisotopic (exact) mass is 368 g/mol. The van der Waals surface area contributed by atoms with E-state index in [1.165, 1.54) is 0 Å². The standard InChI is InChI=1S/C11H7ClF6OS2/c1-5(19)9(12)6-2-7(20-10(13,14)15)4-8(3-6)21-11(16,17)18/h2-4,9H,1H3. The van der Waals surface area contributed by atoms with Crippen LogP contribution in [0, 0.1) is 0 Å². The zero-order chi connectivity index (χ0) is 16.4. The molecule has 0 aliphatic carbocycles. The third kappa shape index (κ3) is 6.84. The summed E-state index contributed by atoms with van der Waals surface area (Å²) >= 11 is 4.56. The van der Waals surface area contributed by atoms with Crippen molar-refractivity contribution >= 4 is 40.9 Å². The van der Waals surface area contributed by atoms with Crippen LogP contribution in [0.3, 0.4) is 0 Å². The smallest absolute Gasteiger partial charge is 0.298 e. The minimum absolute atomic E-state index is 0.106. The second-order valence-electron chi connectivity index (χ2n) is 3.81. The molecule has 21 heavy (non-hydrogen) atoms. The van der Waals surface area contributed by atoms with Crippen molar-refractivity contribution in [3.8, 4) is 0 Å². The molecule has 1 atom stereocenters. The molecule has 1 nitrogen and oxygen atoms in total. The number of rotatable bonds is 4. The summed E-state index contributed by atoms with van der Waals surface area (Å²) in [5.41, 5.74) is -9.42. The molecule has 0 fully saturated rings. The molecule has 118 valence electrons. The van der Waals surface area contributed by atoms with Gasteiger partial charge in [0.05, 0.1) is 0 Å². The summed E-state index contributed by atoms with van der Waals surface area (Å²) in [5, 5.41) is -1.30. The van der Waals surface area contributed by atoms with Crippen molar-refractivity contribution in [1.82, 2.24) is 0 Å². The Labute approximate surface area is 129 Å². The van der Waals surface area contributed by atoms with Crippen LogP contribution in [-0.4, -0.2) is 16.8 Å². The van der Waals surface area contributed by atoms with E-state index in [4.69, 9.17) is 11.6 Å². The highest BCUT2D eigenvalue weighted by molar-refractivity contribution is 8.01. The highest BCUT2D eigenvalue weighted by atomic mass is 35.5. The Morgan fingerprint density at radius 3 is 1.67 bits per heavy atom. The number of carbonyl (C=O) groups is 1. The molecule has 1 aromatic rings. The maximum Gasteiger partial charge on any atom is 0.446 e. The van der Waals surface area contributed by atoms with Crippen LogP contribution in [0.15, 0.2) is 28.0 Å². The van der Waals surface area contributed by atoms with Gasteiger partial charge in [-0.2, -0.15) is 26.3 Å². The van der Waals surface area contributed by atoms with Crippen molar-refractivity contribution in [2.45, 2.75) is 33.1 Å². The Hall–Kier alpha value is -0.540.